The van der Waals surface area contributed by atoms with Gasteiger partial charge in [-0.2, -0.15) is 0 Å². The smallest absolute Gasteiger partial charge is 0.305 e. The van der Waals surface area contributed by atoms with Gasteiger partial charge in [-0.3, -0.25) is 4.79 Å². The summed E-state index contributed by atoms with van der Waals surface area (Å²) in [5.41, 5.74) is 0. The van der Waals surface area contributed by atoms with Gasteiger partial charge >= 0.3 is 5.97 Å². The zero-order valence-electron chi connectivity index (χ0n) is 19.4. The number of hydrogen-bond donors (Lipinski definition) is 1. The number of carbonyl (C=O) groups excluding carboxylic acids is 1. The average Bonchev–Trinajstić information content (AvgIpc) is 2.75. The molecule has 0 saturated carbocycles. The van der Waals surface area contributed by atoms with E-state index in [4.69, 9.17) is 9.47 Å². The first kappa shape index (κ1) is 26.4. The van der Waals surface area contributed by atoms with Crippen molar-refractivity contribution in [2.75, 3.05) is 26.3 Å². The first-order valence-corrected chi connectivity index (χ1v) is 12.8. The van der Waals surface area contributed by atoms with Crippen LogP contribution in [0, 0.1) is 0 Å². The lowest BCUT2D eigenvalue weighted by Gasteiger charge is -2.22. The Morgan fingerprint density at radius 2 is 1.21 bits per heavy atom. The van der Waals surface area contributed by atoms with E-state index < -0.39 is 0 Å². The minimum atomic E-state index is -0.0615. The highest BCUT2D eigenvalue weighted by Crippen LogP contribution is 2.14. The molecule has 1 aliphatic rings. The molecule has 0 aliphatic carbocycles. The van der Waals surface area contributed by atoms with Crippen molar-refractivity contribution in [1.29, 1.82) is 0 Å². The van der Waals surface area contributed by atoms with E-state index >= 15 is 0 Å². The Kier molecular flexibility index (Phi) is 18.8. The standard InChI is InChI=1S/C25H49NO3/c1-2-3-4-5-6-7-8-9-10-11-12-13-14-15-16-17-25(27)29-23-22-28-24-18-20-26-21-19-24/h24,26H,2-23H2,1H3. The molecule has 0 atom stereocenters. The van der Waals surface area contributed by atoms with E-state index in [2.05, 4.69) is 12.2 Å². The molecule has 1 heterocycles. The molecule has 0 aromatic carbocycles. The van der Waals surface area contributed by atoms with Crippen molar-refractivity contribution in [2.45, 2.75) is 129 Å². The van der Waals surface area contributed by atoms with E-state index in [0.29, 0.717) is 25.7 Å². The fraction of sp³-hybridized carbons (Fsp3) is 0.960. The molecular weight excluding hydrogens is 362 g/mol. The highest BCUT2D eigenvalue weighted by molar-refractivity contribution is 5.69. The van der Waals surface area contributed by atoms with Gasteiger partial charge in [0.2, 0.25) is 0 Å². The summed E-state index contributed by atoms with van der Waals surface area (Å²) in [5.74, 6) is -0.0615. The predicted molar refractivity (Wildman–Crippen MR) is 122 cm³/mol. The molecule has 1 aliphatic heterocycles. The second-order valence-corrected chi connectivity index (χ2v) is 8.74. The van der Waals surface area contributed by atoms with Gasteiger partial charge < -0.3 is 14.8 Å². The summed E-state index contributed by atoms with van der Waals surface area (Å²) in [4.78, 5) is 11.7. The summed E-state index contributed by atoms with van der Waals surface area (Å²) in [6, 6.07) is 0. The quantitative estimate of drug-likeness (QED) is 0.182. The molecule has 0 aromatic rings. The Labute approximate surface area is 180 Å². The van der Waals surface area contributed by atoms with Crippen LogP contribution >= 0.6 is 0 Å². The van der Waals surface area contributed by atoms with Gasteiger partial charge in [-0.25, -0.2) is 0 Å². The molecule has 0 spiro atoms. The molecule has 4 heteroatoms. The van der Waals surface area contributed by atoms with Crippen LogP contribution in [0.1, 0.15) is 122 Å². The number of rotatable bonds is 20. The third kappa shape index (κ3) is 17.9. The maximum Gasteiger partial charge on any atom is 0.305 e. The molecule has 1 rings (SSSR count). The number of unbranched alkanes of at least 4 members (excludes halogenated alkanes) is 14. The van der Waals surface area contributed by atoms with Crippen molar-refractivity contribution in [1.82, 2.24) is 5.32 Å². The lowest BCUT2D eigenvalue weighted by molar-refractivity contribution is -0.146. The van der Waals surface area contributed by atoms with E-state index in [1.807, 2.05) is 0 Å². The molecule has 0 aromatic heterocycles. The zero-order chi connectivity index (χ0) is 20.8. The summed E-state index contributed by atoms with van der Waals surface area (Å²) in [6.07, 6.45) is 23.2. The first-order chi connectivity index (χ1) is 14.3. The van der Waals surface area contributed by atoms with Gasteiger partial charge in [-0.05, 0) is 32.4 Å². The molecule has 0 unspecified atom stereocenters. The van der Waals surface area contributed by atoms with Gasteiger partial charge in [-0.1, -0.05) is 96.8 Å². The van der Waals surface area contributed by atoms with Crippen molar-refractivity contribution < 1.29 is 14.3 Å². The zero-order valence-corrected chi connectivity index (χ0v) is 19.4. The molecule has 0 amide bonds. The fourth-order valence-electron chi connectivity index (χ4n) is 4.05. The summed E-state index contributed by atoms with van der Waals surface area (Å²) < 4.78 is 11.0. The van der Waals surface area contributed by atoms with E-state index in [1.165, 1.54) is 83.5 Å². The largest absolute Gasteiger partial charge is 0.463 e. The molecule has 1 saturated heterocycles. The highest BCUT2D eigenvalue weighted by Gasteiger charge is 2.13. The SMILES string of the molecule is CCCCCCCCCCCCCCCCCC(=O)OCCOC1CCNCC1. The Balaban J connectivity index is 1.72. The van der Waals surface area contributed by atoms with Crippen molar-refractivity contribution in [2.24, 2.45) is 0 Å². The van der Waals surface area contributed by atoms with Crippen LogP contribution in [0.5, 0.6) is 0 Å². The Morgan fingerprint density at radius 1 is 0.724 bits per heavy atom. The highest BCUT2D eigenvalue weighted by atomic mass is 16.6. The van der Waals surface area contributed by atoms with Crippen LogP contribution in [0.3, 0.4) is 0 Å². The first-order valence-electron chi connectivity index (χ1n) is 12.8. The Bertz CT molecular complexity index is 356. The minimum absolute atomic E-state index is 0.0615. The topological polar surface area (TPSA) is 47.6 Å². The number of piperidine rings is 1. The van der Waals surface area contributed by atoms with E-state index in [9.17, 15) is 4.79 Å². The van der Waals surface area contributed by atoms with Gasteiger partial charge in [0, 0.05) is 6.42 Å². The van der Waals surface area contributed by atoms with Gasteiger partial charge in [-0.15, -0.1) is 0 Å². The van der Waals surface area contributed by atoms with Crippen LogP contribution in [0.4, 0.5) is 0 Å². The summed E-state index contributed by atoms with van der Waals surface area (Å²) in [5, 5.41) is 3.32. The van der Waals surface area contributed by atoms with Crippen LogP contribution in [0.2, 0.25) is 0 Å². The van der Waals surface area contributed by atoms with Crippen LogP contribution in [-0.4, -0.2) is 38.4 Å². The van der Waals surface area contributed by atoms with E-state index in [-0.39, 0.29) is 5.97 Å². The molecule has 172 valence electrons. The molecule has 0 radical (unpaired) electrons. The van der Waals surface area contributed by atoms with E-state index in [1.54, 1.807) is 0 Å². The third-order valence-electron chi connectivity index (χ3n) is 5.97. The van der Waals surface area contributed by atoms with Gasteiger partial charge in [0.15, 0.2) is 0 Å². The Morgan fingerprint density at radius 3 is 1.72 bits per heavy atom. The molecule has 1 N–H and O–H groups in total. The maximum absolute atomic E-state index is 11.7. The van der Waals surface area contributed by atoms with Crippen LogP contribution < -0.4 is 5.32 Å². The molecule has 29 heavy (non-hydrogen) atoms. The lowest BCUT2D eigenvalue weighted by atomic mass is 10.0. The average molecular weight is 412 g/mol. The second-order valence-electron chi connectivity index (χ2n) is 8.74. The summed E-state index contributed by atoms with van der Waals surface area (Å²) in [6.45, 7) is 5.28. The number of hydrogen-bond acceptors (Lipinski definition) is 4. The summed E-state index contributed by atoms with van der Waals surface area (Å²) >= 11 is 0. The monoisotopic (exact) mass is 411 g/mol. The van der Waals surface area contributed by atoms with Gasteiger partial charge in [0.05, 0.1) is 12.7 Å². The van der Waals surface area contributed by atoms with Crippen LogP contribution in [0.25, 0.3) is 0 Å². The maximum atomic E-state index is 11.7. The Hall–Kier alpha value is -0.610. The number of carbonyl (C=O) groups is 1. The third-order valence-corrected chi connectivity index (χ3v) is 5.97. The number of nitrogens with one attached hydrogen (secondary N) is 1. The molecule has 0 bridgehead atoms. The minimum Gasteiger partial charge on any atom is -0.463 e. The van der Waals surface area contributed by atoms with Crippen molar-refractivity contribution >= 4 is 5.97 Å². The van der Waals surface area contributed by atoms with Gasteiger partial charge in [0.1, 0.15) is 6.61 Å². The number of ether oxygens (including phenoxy) is 2. The lowest BCUT2D eigenvalue weighted by Crippen LogP contribution is -2.33. The predicted octanol–water partition coefficient (Wildman–Crippen LogP) is 6.56. The summed E-state index contributed by atoms with van der Waals surface area (Å²) in [7, 11) is 0. The van der Waals surface area contributed by atoms with Crippen molar-refractivity contribution in [3.63, 3.8) is 0 Å². The molecule has 4 nitrogen and oxygen atoms in total. The fourth-order valence-corrected chi connectivity index (χ4v) is 4.05. The van der Waals surface area contributed by atoms with Crippen molar-refractivity contribution in [3.05, 3.63) is 0 Å². The van der Waals surface area contributed by atoms with Gasteiger partial charge in [0.25, 0.3) is 0 Å². The molecule has 1 fully saturated rings. The number of esters is 1. The normalized spacial score (nSPS) is 14.9. The van der Waals surface area contributed by atoms with E-state index in [0.717, 1.165) is 38.8 Å². The van der Waals surface area contributed by atoms with Crippen LogP contribution in [0.15, 0.2) is 0 Å². The molecular formula is C25H49NO3. The second kappa shape index (κ2) is 20.7. The van der Waals surface area contributed by atoms with Crippen LogP contribution in [-0.2, 0) is 14.3 Å². The van der Waals surface area contributed by atoms with Crippen molar-refractivity contribution in [3.8, 4) is 0 Å².